The summed E-state index contributed by atoms with van der Waals surface area (Å²) in [4.78, 5) is 39.0. The standard InChI is InChI=1S/C27H32N4O5/c1-3-36-22(16-32)14-25(34)31(21-6-4-5-7-21)23-10-8-19(12-17(23)2)27(35)30-15-20-13-18(26(28)29)9-11-24(20)33/h8-13,21,33H,3-7,14-15H2,1-2H3,(H3,28,29)(H,30,35). The smallest absolute Gasteiger partial charge is 0.251 e. The zero-order valence-electron chi connectivity index (χ0n) is 20.6. The molecule has 0 radical (unpaired) electrons. The van der Waals surface area contributed by atoms with Gasteiger partial charge in [0.1, 0.15) is 11.6 Å². The second kappa shape index (κ2) is 12.0. The summed E-state index contributed by atoms with van der Waals surface area (Å²) < 4.78 is 5.24. The minimum absolute atomic E-state index is 0.00616. The van der Waals surface area contributed by atoms with Gasteiger partial charge in [-0.25, -0.2) is 4.79 Å². The van der Waals surface area contributed by atoms with Gasteiger partial charge in [0, 0.05) is 35.0 Å². The van der Waals surface area contributed by atoms with Crippen molar-refractivity contribution in [3.8, 4) is 5.75 Å². The van der Waals surface area contributed by atoms with Crippen molar-refractivity contribution in [2.24, 2.45) is 5.73 Å². The van der Waals surface area contributed by atoms with Crippen LogP contribution in [0, 0.1) is 12.3 Å². The fourth-order valence-electron chi connectivity index (χ4n) is 4.45. The normalized spacial score (nSPS) is 13.1. The highest BCUT2D eigenvalue weighted by Crippen LogP contribution is 2.32. The zero-order valence-corrected chi connectivity index (χ0v) is 20.6. The molecule has 0 saturated heterocycles. The van der Waals surface area contributed by atoms with Crippen molar-refractivity contribution in [3.05, 3.63) is 64.4 Å². The molecule has 2 amide bonds. The third-order valence-electron chi connectivity index (χ3n) is 6.25. The number of rotatable bonds is 10. The van der Waals surface area contributed by atoms with Crippen LogP contribution in [-0.2, 0) is 20.9 Å². The SMILES string of the molecule is CCOC(=C=O)CC(=O)N(c1ccc(C(=O)NCc2cc(C(=N)N)ccc2O)cc1C)C1CCCC1. The number of amidine groups is 1. The molecule has 5 N–H and O–H groups in total. The van der Waals surface area contributed by atoms with Crippen LogP contribution in [0.3, 0.4) is 0 Å². The van der Waals surface area contributed by atoms with Gasteiger partial charge >= 0.3 is 0 Å². The molecule has 190 valence electrons. The minimum Gasteiger partial charge on any atom is -0.508 e. The van der Waals surface area contributed by atoms with Crippen LogP contribution in [-0.4, -0.2) is 41.3 Å². The van der Waals surface area contributed by atoms with Crippen molar-refractivity contribution in [2.45, 2.75) is 58.5 Å². The summed E-state index contributed by atoms with van der Waals surface area (Å²) >= 11 is 0. The monoisotopic (exact) mass is 492 g/mol. The molecule has 1 fully saturated rings. The number of phenols is 1. The molecular weight excluding hydrogens is 460 g/mol. The molecule has 0 aliphatic heterocycles. The highest BCUT2D eigenvalue weighted by atomic mass is 16.5. The van der Waals surface area contributed by atoms with E-state index in [0.717, 1.165) is 31.2 Å². The predicted molar refractivity (Wildman–Crippen MR) is 137 cm³/mol. The number of carbonyl (C=O) groups is 2. The molecule has 36 heavy (non-hydrogen) atoms. The summed E-state index contributed by atoms with van der Waals surface area (Å²) in [6, 6.07) is 9.65. The summed E-state index contributed by atoms with van der Waals surface area (Å²) in [5.41, 5.74) is 8.24. The third-order valence-corrected chi connectivity index (χ3v) is 6.25. The molecule has 2 aromatic rings. The lowest BCUT2D eigenvalue weighted by Crippen LogP contribution is -2.39. The highest BCUT2D eigenvalue weighted by molar-refractivity contribution is 5.99. The Hall–Kier alpha value is -4.10. The van der Waals surface area contributed by atoms with Crippen molar-refractivity contribution in [3.63, 3.8) is 0 Å². The fraction of sp³-hybridized carbons (Fsp3) is 0.370. The maximum atomic E-state index is 13.2. The number of nitrogens with one attached hydrogen (secondary N) is 2. The molecular formula is C27H32N4O5. The Balaban J connectivity index is 1.79. The predicted octanol–water partition coefficient (Wildman–Crippen LogP) is 3.33. The molecule has 0 heterocycles. The topological polar surface area (TPSA) is 146 Å². The second-order valence-electron chi connectivity index (χ2n) is 8.78. The van der Waals surface area contributed by atoms with Crippen molar-refractivity contribution in [2.75, 3.05) is 11.5 Å². The van der Waals surface area contributed by atoms with Crippen molar-refractivity contribution in [1.82, 2.24) is 5.32 Å². The van der Waals surface area contributed by atoms with Crippen molar-refractivity contribution in [1.29, 1.82) is 5.41 Å². The number of aryl methyl sites for hydroxylation is 1. The van der Waals surface area contributed by atoms with Crippen LogP contribution >= 0.6 is 0 Å². The number of benzene rings is 2. The van der Waals surface area contributed by atoms with Crippen LogP contribution in [0.4, 0.5) is 5.69 Å². The molecule has 3 rings (SSSR count). The van der Waals surface area contributed by atoms with Crippen molar-refractivity contribution >= 4 is 29.3 Å². The number of amides is 2. The van der Waals surface area contributed by atoms with Gasteiger partial charge in [0.2, 0.25) is 5.91 Å². The molecule has 0 atom stereocenters. The van der Waals surface area contributed by atoms with Gasteiger partial charge in [-0.2, -0.15) is 0 Å². The maximum absolute atomic E-state index is 13.2. The Bertz CT molecular complexity index is 1200. The van der Waals surface area contributed by atoms with E-state index < -0.39 is 0 Å². The Labute approximate surface area is 210 Å². The third kappa shape index (κ3) is 6.31. The van der Waals surface area contributed by atoms with Gasteiger partial charge in [-0.1, -0.05) is 12.8 Å². The quantitative estimate of drug-likeness (QED) is 0.173. The summed E-state index contributed by atoms with van der Waals surface area (Å²) in [6.45, 7) is 3.91. The van der Waals surface area contributed by atoms with Crippen LogP contribution in [0.5, 0.6) is 5.75 Å². The highest BCUT2D eigenvalue weighted by Gasteiger charge is 2.30. The Kier molecular flexibility index (Phi) is 8.86. The van der Waals surface area contributed by atoms with Crippen molar-refractivity contribution < 1.29 is 24.2 Å². The molecule has 2 aromatic carbocycles. The van der Waals surface area contributed by atoms with Gasteiger partial charge in [0.25, 0.3) is 5.91 Å². The van der Waals surface area contributed by atoms with E-state index in [4.69, 9.17) is 15.9 Å². The lowest BCUT2D eigenvalue weighted by atomic mass is 10.0. The first kappa shape index (κ1) is 26.5. The Morgan fingerprint density at radius 2 is 1.89 bits per heavy atom. The molecule has 0 aromatic heterocycles. The van der Waals surface area contributed by atoms with Crippen LogP contribution in [0.15, 0.2) is 42.2 Å². The van der Waals surface area contributed by atoms with Gasteiger partial charge in [-0.15, -0.1) is 0 Å². The van der Waals surface area contributed by atoms with E-state index in [0.29, 0.717) is 22.4 Å². The van der Waals surface area contributed by atoms with E-state index in [1.165, 1.54) is 12.1 Å². The number of nitrogen functional groups attached to an aromatic ring is 1. The van der Waals surface area contributed by atoms with Gasteiger partial charge in [0.05, 0.1) is 13.0 Å². The first-order chi connectivity index (χ1) is 17.2. The van der Waals surface area contributed by atoms with Gasteiger partial charge in [-0.3, -0.25) is 15.0 Å². The fourth-order valence-corrected chi connectivity index (χ4v) is 4.45. The molecule has 9 nitrogen and oxygen atoms in total. The van der Waals surface area contributed by atoms with E-state index in [1.807, 2.05) is 6.92 Å². The van der Waals surface area contributed by atoms with E-state index in [2.05, 4.69) is 5.32 Å². The number of anilines is 1. The lowest BCUT2D eigenvalue weighted by Gasteiger charge is -2.31. The minimum atomic E-state index is -0.349. The number of ether oxygens (including phenoxy) is 1. The van der Waals surface area contributed by atoms with Gasteiger partial charge < -0.3 is 25.8 Å². The molecule has 1 aliphatic carbocycles. The van der Waals surface area contributed by atoms with Crippen LogP contribution in [0.1, 0.15) is 66.1 Å². The number of nitrogens with two attached hydrogens (primary N) is 1. The van der Waals surface area contributed by atoms with Crippen LogP contribution in [0.2, 0.25) is 0 Å². The summed E-state index contributed by atoms with van der Waals surface area (Å²) in [5.74, 6) is 0.973. The van der Waals surface area contributed by atoms with E-state index >= 15 is 0 Å². The maximum Gasteiger partial charge on any atom is 0.251 e. The molecule has 0 bridgehead atoms. The molecule has 1 aliphatic rings. The summed E-state index contributed by atoms with van der Waals surface area (Å²) in [5, 5.41) is 20.4. The molecule has 9 heteroatoms. The number of phenolic OH excluding ortho intramolecular Hbond substituents is 1. The summed E-state index contributed by atoms with van der Waals surface area (Å²) in [7, 11) is 0. The van der Waals surface area contributed by atoms with Gasteiger partial charge in [0.15, 0.2) is 11.7 Å². The lowest BCUT2D eigenvalue weighted by molar-refractivity contribution is -0.119. The second-order valence-corrected chi connectivity index (χ2v) is 8.78. The molecule has 1 saturated carbocycles. The van der Waals surface area contributed by atoms with Crippen LogP contribution in [0.25, 0.3) is 0 Å². The number of aromatic hydroxyl groups is 1. The first-order valence-electron chi connectivity index (χ1n) is 12.0. The molecule has 0 spiro atoms. The first-order valence-corrected chi connectivity index (χ1v) is 12.0. The average Bonchev–Trinajstić information content (AvgIpc) is 3.38. The van der Waals surface area contributed by atoms with E-state index in [-0.39, 0.29) is 54.8 Å². The summed E-state index contributed by atoms with van der Waals surface area (Å²) in [6.07, 6.45) is 3.61. The number of hydrogen-bond donors (Lipinski definition) is 4. The number of carbonyl (C=O) groups excluding carboxylic acids is 3. The largest absolute Gasteiger partial charge is 0.508 e. The van der Waals surface area contributed by atoms with E-state index in [9.17, 15) is 19.5 Å². The van der Waals surface area contributed by atoms with E-state index in [1.54, 1.807) is 42.0 Å². The Morgan fingerprint density at radius 3 is 2.50 bits per heavy atom. The average molecular weight is 493 g/mol. The number of hydrogen-bond acceptors (Lipinski definition) is 6. The number of nitrogens with zero attached hydrogens (tertiary/aromatic N) is 1. The van der Waals surface area contributed by atoms with Gasteiger partial charge in [-0.05, 0) is 68.7 Å². The zero-order chi connectivity index (χ0) is 26.2. The van der Waals surface area contributed by atoms with Crippen LogP contribution < -0.4 is 16.0 Å². The Morgan fingerprint density at radius 1 is 1.19 bits per heavy atom. The molecule has 0 unspecified atom stereocenters.